The van der Waals surface area contributed by atoms with Gasteiger partial charge in [0, 0.05) is 21.9 Å². The molecule has 0 atom stereocenters. The van der Waals surface area contributed by atoms with E-state index in [1.165, 1.54) is 0 Å². The quantitative estimate of drug-likeness (QED) is 0.252. The zero-order valence-electron chi connectivity index (χ0n) is 19.0. The molecule has 0 bridgehead atoms. The Morgan fingerprint density at radius 1 is 0.500 bits per heavy atom. The Kier molecular flexibility index (Phi) is 4.79. The largest absolute Gasteiger partial charge is 0.456 e. The molecule has 0 radical (unpaired) electrons. The molecule has 0 unspecified atom stereocenters. The first-order chi connectivity index (χ1) is 17.7. The molecule has 36 heavy (non-hydrogen) atoms. The molecule has 5 aromatic carbocycles. The van der Waals surface area contributed by atoms with Crippen LogP contribution in [-0.4, -0.2) is 15.0 Å². The van der Waals surface area contributed by atoms with Gasteiger partial charge in [0.15, 0.2) is 11.6 Å². The van der Waals surface area contributed by atoms with E-state index in [4.69, 9.17) is 21.0 Å². The van der Waals surface area contributed by atoms with Crippen molar-refractivity contribution < 1.29 is 4.42 Å². The van der Waals surface area contributed by atoms with Crippen LogP contribution in [0, 0.1) is 0 Å². The number of benzene rings is 5. The third-order valence-electron chi connectivity index (χ3n) is 6.47. The Morgan fingerprint density at radius 2 is 1.25 bits per heavy atom. The van der Waals surface area contributed by atoms with Crippen LogP contribution in [0.1, 0.15) is 0 Å². The van der Waals surface area contributed by atoms with Gasteiger partial charge < -0.3 is 4.42 Å². The van der Waals surface area contributed by atoms with E-state index < -0.39 is 0 Å². The van der Waals surface area contributed by atoms with Crippen molar-refractivity contribution in [1.29, 1.82) is 0 Å². The van der Waals surface area contributed by atoms with E-state index >= 15 is 0 Å². The van der Waals surface area contributed by atoms with Gasteiger partial charge in [0.1, 0.15) is 11.2 Å². The lowest BCUT2D eigenvalue weighted by atomic mass is 9.98. The first-order valence-electron chi connectivity index (χ1n) is 11.6. The number of furan rings is 1. The average molecular weight is 484 g/mol. The second-order valence-electron chi connectivity index (χ2n) is 8.67. The highest BCUT2D eigenvalue weighted by molar-refractivity contribution is 6.28. The predicted molar refractivity (Wildman–Crippen MR) is 146 cm³/mol. The number of hydrogen-bond donors (Lipinski definition) is 0. The van der Waals surface area contributed by atoms with Gasteiger partial charge in [-0.2, -0.15) is 9.97 Å². The van der Waals surface area contributed by atoms with Crippen molar-refractivity contribution in [2.45, 2.75) is 0 Å². The number of fused-ring (bicyclic) bond motifs is 4. The molecule has 0 aliphatic heterocycles. The third-order valence-corrected chi connectivity index (χ3v) is 6.64. The molecular formula is C31H18ClN3O. The van der Waals surface area contributed by atoms with Gasteiger partial charge in [0.2, 0.25) is 5.28 Å². The number of para-hydroxylation sites is 1. The molecule has 0 saturated heterocycles. The average Bonchev–Trinajstić information content (AvgIpc) is 3.30. The summed E-state index contributed by atoms with van der Waals surface area (Å²) in [4.78, 5) is 13.8. The van der Waals surface area contributed by atoms with E-state index in [2.05, 4.69) is 52.4 Å². The molecule has 7 rings (SSSR count). The maximum absolute atomic E-state index is 6.44. The maximum atomic E-state index is 6.44. The Hall–Kier alpha value is -4.54. The lowest BCUT2D eigenvalue weighted by Gasteiger charge is -2.10. The molecule has 0 aliphatic rings. The minimum atomic E-state index is 0.156. The highest BCUT2D eigenvalue weighted by Gasteiger charge is 2.14. The summed E-state index contributed by atoms with van der Waals surface area (Å²) in [5.74, 6) is 1.06. The van der Waals surface area contributed by atoms with Crippen molar-refractivity contribution in [2.75, 3.05) is 0 Å². The fourth-order valence-corrected chi connectivity index (χ4v) is 4.90. The van der Waals surface area contributed by atoms with Crippen molar-refractivity contribution in [1.82, 2.24) is 15.0 Å². The Labute approximate surface area is 211 Å². The first-order valence-corrected chi connectivity index (χ1v) is 12.0. The van der Waals surface area contributed by atoms with Gasteiger partial charge in [-0.05, 0) is 63.8 Å². The number of hydrogen-bond acceptors (Lipinski definition) is 4. The third kappa shape index (κ3) is 3.51. The summed E-state index contributed by atoms with van der Waals surface area (Å²) in [7, 11) is 0. The van der Waals surface area contributed by atoms with Gasteiger partial charge in [0.05, 0.1) is 0 Å². The molecule has 2 heterocycles. The Bertz CT molecular complexity index is 1910. The van der Waals surface area contributed by atoms with Crippen LogP contribution >= 0.6 is 11.6 Å². The summed E-state index contributed by atoms with van der Waals surface area (Å²) in [6.45, 7) is 0. The molecular weight excluding hydrogens is 466 g/mol. The molecule has 0 N–H and O–H groups in total. The maximum Gasteiger partial charge on any atom is 0.226 e. The van der Waals surface area contributed by atoms with E-state index in [-0.39, 0.29) is 5.28 Å². The van der Waals surface area contributed by atoms with Gasteiger partial charge in [-0.25, -0.2) is 4.98 Å². The molecule has 0 aliphatic carbocycles. The van der Waals surface area contributed by atoms with Gasteiger partial charge in [-0.15, -0.1) is 0 Å². The number of aromatic nitrogens is 3. The van der Waals surface area contributed by atoms with E-state index in [1.54, 1.807) is 0 Å². The SMILES string of the molecule is Clc1nc(-c2ccc3oc4ccccc4c3c2)nc(-c2cccc3ccc(-c4ccccc4)cc23)n1. The van der Waals surface area contributed by atoms with Gasteiger partial charge in [-0.1, -0.05) is 78.9 Å². The monoisotopic (exact) mass is 483 g/mol. The van der Waals surface area contributed by atoms with Gasteiger partial charge in [0.25, 0.3) is 0 Å². The molecule has 0 amide bonds. The van der Waals surface area contributed by atoms with E-state index in [1.807, 2.05) is 66.7 Å². The molecule has 2 aromatic heterocycles. The van der Waals surface area contributed by atoms with Gasteiger partial charge >= 0.3 is 0 Å². The smallest absolute Gasteiger partial charge is 0.226 e. The lowest BCUT2D eigenvalue weighted by Crippen LogP contribution is -1.98. The highest BCUT2D eigenvalue weighted by Crippen LogP contribution is 2.34. The Balaban J connectivity index is 1.39. The van der Waals surface area contributed by atoms with Crippen molar-refractivity contribution in [2.24, 2.45) is 0 Å². The first kappa shape index (κ1) is 20.8. The summed E-state index contributed by atoms with van der Waals surface area (Å²) in [5.41, 5.74) is 5.72. The molecule has 4 nitrogen and oxygen atoms in total. The highest BCUT2D eigenvalue weighted by atomic mass is 35.5. The number of rotatable bonds is 3. The van der Waals surface area contributed by atoms with Crippen LogP contribution in [0.15, 0.2) is 114 Å². The molecule has 0 spiro atoms. The van der Waals surface area contributed by atoms with Crippen LogP contribution in [0.4, 0.5) is 0 Å². The van der Waals surface area contributed by atoms with Crippen LogP contribution in [0.2, 0.25) is 5.28 Å². The van der Waals surface area contributed by atoms with Crippen molar-refractivity contribution in [3.8, 4) is 33.9 Å². The predicted octanol–water partition coefficient (Wildman–Crippen LogP) is 8.58. The van der Waals surface area contributed by atoms with Crippen LogP contribution in [-0.2, 0) is 0 Å². The topological polar surface area (TPSA) is 51.8 Å². The molecule has 170 valence electrons. The molecule has 0 saturated carbocycles. The summed E-state index contributed by atoms with van der Waals surface area (Å²) in [6.07, 6.45) is 0. The summed E-state index contributed by atoms with van der Waals surface area (Å²) < 4.78 is 5.98. The Morgan fingerprint density at radius 3 is 2.17 bits per heavy atom. The lowest BCUT2D eigenvalue weighted by molar-refractivity contribution is 0.669. The number of nitrogens with zero attached hydrogens (tertiary/aromatic N) is 3. The minimum Gasteiger partial charge on any atom is -0.456 e. The minimum absolute atomic E-state index is 0.156. The molecule has 5 heteroatoms. The van der Waals surface area contributed by atoms with E-state index in [0.29, 0.717) is 11.6 Å². The van der Waals surface area contributed by atoms with E-state index in [9.17, 15) is 0 Å². The fourth-order valence-electron chi connectivity index (χ4n) is 4.74. The fraction of sp³-hybridized carbons (Fsp3) is 0. The molecule has 7 aromatic rings. The zero-order chi connectivity index (χ0) is 24.1. The summed E-state index contributed by atoms with van der Waals surface area (Å²) in [6, 6.07) is 36.9. The van der Waals surface area contributed by atoms with Crippen molar-refractivity contribution in [3.63, 3.8) is 0 Å². The second kappa shape index (κ2) is 8.29. The standard InChI is InChI=1S/C31H18ClN3O/c32-31-34-29(22-15-16-28-26(18-22)23-10-4-5-12-27(23)36-28)33-30(35-31)24-11-6-9-20-13-14-21(17-25(20)24)19-7-2-1-3-8-19/h1-18H. The summed E-state index contributed by atoms with van der Waals surface area (Å²) >= 11 is 6.44. The number of halogens is 1. The summed E-state index contributed by atoms with van der Waals surface area (Å²) in [5, 5.41) is 4.39. The van der Waals surface area contributed by atoms with Crippen LogP contribution < -0.4 is 0 Å². The van der Waals surface area contributed by atoms with Crippen molar-refractivity contribution >= 4 is 44.3 Å². The van der Waals surface area contributed by atoms with Gasteiger partial charge in [-0.3, -0.25) is 0 Å². The normalized spacial score (nSPS) is 11.5. The zero-order valence-corrected chi connectivity index (χ0v) is 19.8. The van der Waals surface area contributed by atoms with Crippen molar-refractivity contribution in [3.05, 3.63) is 114 Å². The van der Waals surface area contributed by atoms with Crippen LogP contribution in [0.25, 0.3) is 66.6 Å². The van der Waals surface area contributed by atoms with Crippen LogP contribution in [0.5, 0.6) is 0 Å². The second-order valence-corrected chi connectivity index (χ2v) is 9.01. The molecule has 0 fully saturated rings. The van der Waals surface area contributed by atoms with E-state index in [0.717, 1.165) is 55.0 Å². The van der Waals surface area contributed by atoms with Crippen LogP contribution in [0.3, 0.4) is 0 Å².